The van der Waals surface area contributed by atoms with E-state index in [0.717, 1.165) is 13.0 Å². The fourth-order valence-electron chi connectivity index (χ4n) is 2.31. The normalized spacial score (nSPS) is 23.9. The van der Waals surface area contributed by atoms with Crippen molar-refractivity contribution in [3.8, 4) is 0 Å². The Labute approximate surface area is 122 Å². The predicted octanol–water partition coefficient (Wildman–Crippen LogP) is 2.56. The Morgan fingerprint density at radius 1 is 1.47 bits per heavy atom. The first kappa shape index (κ1) is 15.3. The van der Waals surface area contributed by atoms with Gasteiger partial charge < -0.3 is 4.74 Å². The summed E-state index contributed by atoms with van der Waals surface area (Å²) in [5.41, 5.74) is 0. The minimum atomic E-state index is -0.0524. The summed E-state index contributed by atoms with van der Waals surface area (Å²) in [5, 5.41) is 1.37. The second-order valence-electron chi connectivity index (χ2n) is 4.26. The van der Waals surface area contributed by atoms with Crippen LogP contribution < -0.4 is 0 Å². The van der Waals surface area contributed by atoms with Crippen molar-refractivity contribution in [2.75, 3.05) is 24.8 Å². The molecule has 1 aliphatic carbocycles. The molecule has 2 rings (SSSR count). The molecule has 98 valence electrons. The number of ether oxygens (including phenoxy) is 1. The Hall–Kier alpha value is 0.220. The molecule has 1 fully saturated rings. The number of esters is 1. The summed E-state index contributed by atoms with van der Waals surface area (Å²) in [6, 6.07) is 0.696. The van der Waals surface area contributed by atoms with Gasteiger partial charge >= 0.3 is 5.97 Å². The highest BCUT2D eigenvalue weighted by atomic mass is 127. The highest BCUT2D eigenvalue weighted by Gasteiger charge is 2.41. The highest BCUT2D eigenvalue weighted by Crippen LogP contribution is 2.29. The van der Waals surface area contributed by atoms with Crippen LogP contribution in [0.2, 0.25) is 0 Å². The Morgan fingerprint density at radius 3 is 2.53 bits per heavy atom. The second kappa shape index (κ2) is 7.61. The van der Waals surface area contributed by atoms with Crippen LogP contribution in [0.1, 0.15) is 25.7 Å². The number of alkyl halides is 1. The summed E-state index contributed by atoms with van der Waals surface area (Å²) in [6.45, 7) is 0.869. The molecule has 0 spiro atoms. The number of carbonyl (C=O) groups excluding carboxylic acids is 1. The van der Waals surface area contributed by atoms with Gasteiger partial charge in [-0.25, -0.2) is 4.58 Å². The van der Waals surface area contributed by atoms with Crippen LogP contribution >= 0.6 is 34.4 Å². The number of hydrogen-bond acceptors (Lipinski definition) is 3. The lowest BCUT2D eigenvalue weighted by Gasteiger charge is -2.22. The second-order valence-corrected chi connectivity index (χ2v) is 5.14. The van der Waals surface area contributed by atoms with Crippen LogP contribution in [0.15, 0.2) is 0 Å². The molecule has 5 heteroatoms. The molecule has 0 aromatic rings. The summed E-state index contributed by atoms with van der Waals surface area (Å²) in [4.78, 5) is 13.4. The lowest BCUT2D eigenvalue weighted by molar-refractivity contribution is -0.572. The lowest BCUT2D eigenvalue weighted by Crippen LogP contribution is -2.35. The monoisotopic (exact) mass is 370 g/mol. The molecule has 3 nitrogen and oxygen atoms in total. The molecule has 1 unspecified atom stereocenters. The summed E-state index contributed by atoms with van der Waals surface area (Å²) in [5.74, 6) is 0.0152. The van der Waals surface area contributed by atoms with Gasteiger partial charge in [-0.15, -0.1) is 0 Å². The van der Waals surface area contributed by atoms with Gasteiger partial charge in [-0.3, -0.25) is 4.79 Å². The standard InChI is InChI=1S/C11H18NO2S.CH3I/c1-14-11(13)8-6-10(15-2)12(7-8)9-4-3-5-9;1-2/h8-9H,3-7H2,1-2H3;1H3/q+1;. The zero-order valence-electron chi connectivity index (χ0n) is 10.7. The molecule has 1 saturated carbocycles. The third kappa shape index (κ3) is 3.59. The van der Waals surface area contributed by atoms with E-state index in [9.17, 15) is 4.79 Å². The first-order chi connectivity index (χ1) is 8.26. The number of nitrogens with zero attached hydrogens (tertiary/aromatic N) is 1. The highest BCUT2D eigenvalue weighted by molar-refractivity contribution is 14.1. The summed E-state index contributed by atoms with van der Waals surface area (Å²) >= 11 is 3.93. The third-order valence-electron chi connectivity index (χ3n) is 3.44. The third-order valence-corrected chi connectivity index (χ3v) is 4.32. The lowest BCUT2D eigenvalue weighted by atomic mass is 9.92. The van der Waals surface area contributed by atoms with Crippen LogP contribution in [0, 0.1) is 5.92 Å². The number of methoxy groups -OCH3 is 1. The molecule has 0 amide bonds. The van der Waals surface area contributed by atoms with Crippen molar-refractivity contribution >= 4 is 45.4 Å². The number of halogens is 1. The van der Waals surface area contributed by atoms with Gasteiger partial charge in [0.2, 0.25) is 5.04 Å². The van der Waals surface area contributed by atoms with Crippen molar-refractivity contribution in [1.29, 1.82) is 0 Å². The van der Waals surface area contributed by atoms with E-state index in [4.69, 9.17) is 4.74 Å². The molecule has 0 saturated heterocycles. The van der Waals surface area contributed by atoms with Crippen molar-refractivity contribution in [1.82, 2.24) is 0 Å². The fraction of sp³-hybridized carbons (Fsp3) is 0.833. The van der Waals surface area contributed by atoms with Crippen molar-refractivity contribution in [3.05, 3.63) is 0 Å². The summed E-state index contributed by atoms with van der Waals surface area (Å²) in [7, 11) is 1.48. The van der Waals surface area contributed by atoms with Gasteiger partial charge in [0.25, 0.3) is 0 Å². The van der Waals surface area contributed by atoms with Crippen molar-refractivity contribution < 1.29 is 14.1 Å². The van der Waals surface area contributed by atoms with Crippen molar-refractivity contribution in [2.45, 2.75) is 31.7 Å². The Bertz CT molecular complexity index is 303. The molecule has 0 aromatic carbocycles. The van der Waals surface area contributed by atoms with Crippen LogP contribution in [0.3, 0.4) is 0 Å². The van der Waals surface area contributed by atoms with E-state index in [0.29, 0.717) is 6.04 Å². The quantitative estimate of drug-likeness (QED) is 0.324. The van der Waals surface area contributed by atoms with Gasteiger partial charge in [0.05, 0.1) is 13.5 Å². The smallest absolute Gasteiger partial charge is 0.315 e. The van der Waals surface area contributed by atoms with Crippen LogP contribution in [0.25, 0.3) is 0 Å². The Kier molecular flexibility index (Phi) is 6.84. The van der Waals surface area contributed by atoms with Crippen molar-refractivity contribution in [3.63, 3.8) is 0 Å². The SMILES string of the molecule is CI.COC(=O)C1CC(SC)=[N+](C2CCC2)C1. The molecule has 17 heavy (non-hydrogen) atoms. The van der Waals surface area contributed by atoms with Gasteiger partial charge in [-0.1, -0.05) is 34.4 Å². The van der Waals surface area contributed by atoms with E-state index in [2.05, 4.69) is 33.4 Å². The van der Waals surface area contributed by atoms with Crippen LogP contribution in [0.4, 0.5) is 0 Å². The summed E-state index contributed by atoms with van der Waals surface area (Å²) in [6.07, 6.45) is 6.90. The Morgan fingerprint density at radius 2 is 2.12 bits per heavy atom. The number of rotatable bonds is 2. The van der Waals surface area contributed by atoms with Gasteiger partial charge in [0, 0.05) is 12.8 Å². The van der Waals surface area contributed by atoms with E-state index in [1.165, 1.54) is 31.4 Å². The largest absolute Gasteiger partial charge is 0.469 e. The maximum atomic E-state index is 11.5. The molecule has 0 bridgehead atoms. The van der Waals surface area contributed by atoms with Gasteiger partial charge in [0.1, 0.15) is 5.92 Å². The van der Waals surface area contributed by atoms with Crippen molar-refractivity contribution in [2.24, 2.45) is 5.92 Å². The first-order valence-electron chi connectivity index (χ1n) is 5.88. The topological polar surface area (TPSA) is 29.3 Å². The molecular formula is C12H21INO2S+. The molecule has 2 aliphatic rings. The maximum Gasteiger partial charge on any atom is 0.315 e. The minimum absolute atomic E-state index is 0.0524. The minimum Gasteiger partial charge on any atom is -0.469 e. The van der Waals surface area contributed by atoms with Crippen LogP contribution in [-0.4, -0.2) is 46.5 Å². The molecule has 0 aromatic heterocycles. The number of thioether (sulfide) groups is 1. The average Bonchev–Trinajstić information content (AvgIpc) is 2.72. The van der Waals surface area contributed by atoms with E-state index < -0.39 is 0 Å². The maximum absolute atomic E-state index is 11.5. The molecule has 0 N–H and O–H groups in total. The molecule has 1 heterocycles. The van der Waals surface area contributed by atoms with E-state index in [-0.39, 0.29) is 11.9 Å². The Balaban J connectivity index is 0.000000686. The molecule has 1 aliphatic heterocycles. The fourth-order valence-corrected chi connectivity index (χ4v) is 3.13. The first-order valence-corrected chi connectivity index (χ1v) is 9.26. The van der Waals surface area contributed by atoms with Crippen LogP contribution in [-0.2, 0) is 9.53 Å². The van der Waals surface area contributed by atoms with E-state index in [1.54, 1.807) is 11.8 Å². The molecule has 0 radical (unpaired) electrons. The zero-order chi connectivity index (χ0) is 12.8. The zero-order valence-corrected chi connectivity index (χ0v) is 13.7. The van der Waals surface area contributed by atoms with E-state index in [1.807, 2.05) is 4.93 Å². The van der Waals surface area contributed by atoms with Gasteiger partial charge in [0.15, 0.2) is 12.6 Å². The van der Waals surface area contributed by atoms with Gasteiger partial charge in [-0.05, 0) is 17.6 Å². The predicted molar refractivity (Wildman–Crippen MR) is 81.4 cm³/mol. The summed E-state index contributed by atoms with van der Waals surface area (Å²) < 4.78 is 7.24. The van der Waals surface area contributed by atoms with E-state index >= 15 is 0 Å². The number of hydrogen-bond donors (Lipinski definition) is 0. The number of carbonyl (C=O) groups is 1. The average molecular weight is 370 g/mol. The molecule has 1 atom stereocenters. The van der Waals surface area contributed by atoms with Crippen LogP contribution in [0.5, 0.6) is 0 Å². The van der Waals surface area contributed by atoms with Gasteiger partial charge in [-0.2, -0.15) is 0 Å². The molecular weight excluding hydrogens is 349 g/mol.